The van der Waals surface area contributed by atoms with Crippen molar-refractivity contribution in [1.29, 1.82) is 0 Å². The van der Waals surface area contributed by atoms with Crippen molar-refractivity contribution in [3.63, 3.8) is 0 Å². The van der Waals surface area contributed by atoms with E-state index in [0.717, 1.165) is 19.5 Å². The highest BCUT2D eigenvalue weighted by Crippen LogP contribution is 2.16. The molecule has 1 aliphatic heterocycles. The fourth-order valence-electron chi connectivity index (χ4n) is 2.31. The molecule has 1 aliphatic rings. The molecule has 100 valence electrons. The summed E-state index contributed by atoms with van der Waals surface area (Å²) in [7, 11) is 0. The summed E-state index contributed by atoms with van der Waals surface area (Å²) in [6.45, 7) is 4.07. The molecule has 0 aromatic carbocycles. The normalized spacial score (nSPS) is 21.5. The molecule has 2 atom stereocenters. The van der Waals surface area contributed by atoms with E-state index in [4.69, 9.17) is 0 Å². The average Bonchev–Trinajstić information content (AvgIpc) is 2.91. The first-order valence-corrected chi connectivity index (χ1v) is 6.61. The summed E-state index contributed by atoms with van der Waals surface area (Å²) in [5.74, 6) is 1.43. The van der Waals surface area contributed by atoms with Crippen molar-refractivity contribution in [2.75, 3.05) is 13.1 Å². The van der Waals surface area contributed by atoms with Crippen LogP contribution in [0.3, 0.4) is 0 Å². The van der Waals surface area contributed by atoms with Gasteiger partial charge >= 0.3 is 0 Å². The molecule has 1 saturated heterocycles. The van der Waals surface area contributed by atoms with Crippen molar-refractivity contribution in [2.24, 2.45) is 5.92 Å². The summed E-state index contributed by atoms with van der Waals surface area (Å²) < 4.78 is 0. The van der Waals surface area contributed by atoms with E-state index in [1.54, 1.807) is 0 Å². The number of carbonyl (C=O) groups excluding carboxylic acids is 1. The lowest BCUT2D eigenvalue weighted by atomic mass is 9.94. The number of nitrogens with zero attached hydrogens (tertiary/aromatic N) is 2. The molecule has 6 nitrogen and oxygen atoms in total. The lowest BCUT2D eigenvalue weighted by Crippen LogP contribution is -2.32. The number of carbonyl (C=O) groups is 1. The number of aromatic amines is 1. The molecule has 0 spiro atoms. The maximum absolute atomic E-state index is 11.8. The fourth-order valence-corrected chi connectivity index (χ4v) is 2.31. The fraction of sp³-hybridized carbons (Fsp3) is 0.750. The predicted molar refractivity (Wildman–Crippen MR) is 67.8 cm³/mol. The SMILES string of the molecule is CC(NC(=O)CCC1CCCNC1)c1ncn[nH]1. The van der Waals surface area contributed by atoms with Gasteiger partial charge in [0.15, 0.2) is 0 Å². The third-order valence-corrected chi connectivity index (χ3v) is 3.40. The molecule has 1 aromatic heterocycles. The minimum Gasteiger partial charge on any atom is -0.346 e. The van der Waals surface area contributed by atoms with Crippen LogP contribution in [0.15, 0.2) is 6.33 Å². The molecule has 1 amide bonds. The van der Waals surface area contributed by atoms with Gasteiger partial charge < -0.3 is 10.6 Å². The van der Waals surface area contributed by atoms with E-state index in [1.165, 1.54) is 19.2 Å². The number of H-pyrrole nitrogens is 1. The molecule has 2 heterocycles. The molecule has 0 bridgehead atoms. The predicted octanol–water partition coefficient (Wildman–Crippen LogP) is 0.762. The van der Waals surface area contributed by atoms with Crippen LogP contribution in [0.1, 0.15) is 44.5 Å². The molecule has 18 heavy (non-hydrogen) atoms. The van der Waals surface area contributed by atoms with Crippen molar-refractivity contribution in [3.8, 4) is 0 Å². The summed E-state index contributed by atoms with van der Waals surface area (Å²) in [6.07, 6.45) is 5.46. The van der Waals surface area contributed by atoms with Crippen LogP contribution >= 0.6 is 0 Å². The van der Waals surface area contributed by atoms with Crippen LogP contribution in [0.4, 0.5) is 0 Å². The van der Waals surface area contributed by atoms with Crippen molar-refractivity contribution in [3.05, 3.63) is 12.2 Å². The van der Waals surface area contributed by atoms with Crippen LogP contribution in [0, 0.1) is 5.92 Å². The Bertz CT molecular complexity index is 359. The van der Waals surface area contributed by atoms with E-state index in [-0.39, 0.29) is 11.9 Å². The summed E-state index contributed by atoms with van der Waals surface area (Å²) in [6, 6.07) is -0.107. The van der Waals surface area contributed by atoms with Crippen molar-refractivity contribution in [2.45, 2.75) is 38.6 Å². The largest absolute Gasteiger partial charge is 0.346 e. The first kappa shape index (κ1) is 13.0. The molecule has 0 radical (unpaired) electrons. The average molecular weight is 251 g/mol. The number of rotatable bonds is 5. The van der Waals surface area contributed by atoms with Crippen LogP contribution in [-0.4, -0.2) is 34.2 Å². The molecular formula is C12H21N5O. The molecule has 0 aliphatic carbocycles. The quantitative estimate of drug-likeness (QED) is 0.721. The number of nitrogens with one attached hydrogen (secondary N) is 3. The van der Waals surface area contributed by atoms with Gasteiger partial charge in [0.2, 0.25) is 5.91 Å². The molecule has 1 fully saturated rings. The molecule has 2 rings (SSSR count). The zero-order chi connectivity index (χ0) is 12.8. The van der Waals surface area contributed by atoms with E-state index in [1.807, 2.05) is 6.92 Å². The van der Waals surface area contributed by atoms with Gasteiger partial charge in [-0.3, -0.25) is 9.89 Å². The van der Waals surface area contributed by atoms with Crippen molar-refractivity contribution >= 4 is 5.91 Å². The topological polar surface area (TPSA) is 82.7 Å². The number of aromatic nitrogens is 3. The smallest absolute Gasteiger partial charge is 0.220 e. The molecule has 0 saturated carbocycles. The lowest BCUT2D eigenvalue weighted by Gasteiger charge is -2.22. The number of hydrogen-bond donors (Lipinski definition) is 3. The number of hydrogen-bond acceptors (Lipinski definition) is 4. The van der Waals surface area contributed by atoms with E-state index in [2.05, 4.69) is 25.8 Å². The first-order chi connectivity index (χ1) is 8.75. The monoisotopic (exact) mass is 251 g/mol. The van der Waals surface area contributed by atoms with Gasteiger partial charge in [0.25, 0.3) is 0 Å². The Labute approximate surface area is 107 Å². The first-order valence-electron chi connectivity index (χ1n) is 6.61. The van der Waals surface area contributed by atoms with E-state index in [9.17, 15) is 4.79 Å². The Morgan fingerprint density at radius 2 is 2.56 bits per heavy atom. The highest BCUT2D eigenvalue weighted by Gasteiger charge is 2.16. The molecule has 6 heteroatoms. The van der Waals surface area contributed by atoms with Crippen LogP contribution < -0.4 is 10.6 Å². The summed E-state index contributed by atoms with van der Waals surface area (Å²) >= 11 is 0. The summed E-state index contributed by atoms with van der Waals surface area (Å²) in [5.41, 5.74) is 0. The van der Waals surface area contributed by atoms with Crippen molar-refractivity contribution in [1.82, 2.24) is 25.8 Å². The third kappa shape index (κ3) is 3.80. The highest BCUT2D eigenvalue weighted by atomic mass is 16.1. The van der Waals surface area contributed by atoms with Crippen LogP contribution in [0.25, 0.3) is 0 Å². The van der Waals surface area contributed by atoms with Gasteiger partial charge in [-0.1, -0.05) is 0 Å². The van der Waals surface area contributed by atoms with Crippen molar-refractivity contribution < 1.29 is 4.79 Å². The number of amides is 1. The molecule has 3 N–H and O–H groups in total. The van der Waals surface area contributed by atoms with Gasteiger partial charge in [0.1, 0.15) is 12.2 Å². The van der Waals surface area contributed by atoms with E-state index in [0.29, 0.717) is 18.2 Å². The second kappa shape index (κ2) is 6.49. The highest BCUT2D eigenvalue weighted by molar-refractivity contribution is 5.76. The Morgan fingerprint density at radius 3 is 3.22 bits per heavy atom. The zero-order valence-electron chi connectivity index (χ0n) is 10.8. The van der Waals surface area contributed by atoms with Crippen LogP contribution in [-0.2, 0) is 4.79 Å². The van der Waals surface area contributed by atoms with Gasteiger partial charge in [-0.2, -0.15) is 5.10 Å². The van der Waals surface area contributed by atoms with Gasteiger partial charge in [-0.15, -0.1) is 0 Å². The van der Waals surface area contributed by atoms with Crippen LogP contribution in [0.2, 0.25) is 0 Å². The molecule has 1 aromatic rings. The standard InChI is InChI=1S/C12H21N5O/c1-9(12-14-8-15-17-12)16-11(18)5-4-10-3-2-6-13-7-10/h8-10,13H,2-7H2,1H3,(H,16,18)(H,14,15,17). The maximum atomic E-state index is 11.8. The lowest BCUT2D eigenvalue weighted by molar-refractivity contribution is -0.122. The minimum atomic E-state index is -0.107. The second-order valence-corrected chi connectivity index (χ2v) is 4.91. The zero-order valence-corrected chi connectivity index (χ0v) is 10.8. The Kier molecular flexibility index (Phi) is 4.69. The maximum Gasteiger partial charge on any atom is 0.220 e. The van der Waals surface area contributed by atoms with E-state index >= 15 is 0 Å². The second-order valence-electron chi connectivity index (χ2n) is 4.91. The van der Waals surface area contributed by atoms with E-state index < -0.39 is 0 Å². The Morgan fingerprint density at radius 1 is 1.67 bits per heavy atom. The summed E-state index contributed by atoms with van der Waals surface area (Å²) in [4.78, 5) is 15.8. The third-order valence-electron chi connectivity index (χ3n) is 3.40. The van der Waals surface area contributed by atoms with Gasteiger partial charge in [-0.25, -0.2) is 4.98 Å². The Balaban J connectivity index is 1.68. The van der Waals surface area contributed by atoms with Crippen LogP contribution in [0.5, 0.6) is 0 Å². The van der Waals surface area contributed by atoms with Gasteiger partial charge in [-0.05, 0) is 45.2 Å². The summed E-state index contributed by atoms with van der Waals surface area (Å²) in [5, 5.41) is 12.8. The molecule has 2 unspecified atom stereocenters. The minimum absolute atomic E-state index is 0.0875. The number of piperidine rings is 1. The molecular weight excluding hydrogens is 230 g/mol. The van der Waals surface area contributed by atoms with Gasteiger partial charge in [0.05, 0.1) is 6.04 Å². The Hall–Kier alpha value is -1.43. The van der Waals surface area contributed by atoms with Gasteiger partial charge in [0, 0.05) is 6.42 Å².